The number of benzene rings is 1. The molecule has 1 aromatic heterocycles. The van der Waals surface area contributed by atoms with E-state index in [0.29, 0.717) is 22.0 Å². The maximum absolute atomic E-state index is 13.1. The maximum atomic E-state index is 13.1. The molecule has 1 atom stereocenters. The lowest BCUT2D eigenvalue weighted by Crippen LogP contribution is -2.23. The van der Waals surface area contributed by atoms with E-state index in [2.05, 4.69) is 10.3 Å². The number of carbonyl (C=O) groups excluding carboxylic acids is 2. The highest BCUT2D eigenvalue weighted by atomic mass is 35.5. The Morgan fingerprint density at radius 1 is 1.32 bits per heavy atom. The number of hydrogen-bond acceptors (Lipinski definition) is 5. The number of hydrogen-bond donors (Lipinski definition) is 1. The van der Waals surface area contributed by atoms with Gasteiger partial charge >= 0.3 is 5.97 Å². The molecule has 0 aliphatic heterocycles. The first-order valence-corrected chi connectivity index (χ1v) is 7.69. The molecule has 2 aromatic rings. The largest absolute Gasteiger partial charge is 0.495 e. The van der Waals surface area contributed by atoms with Gasteiger partial charge in [-0.25, -0.2) is 4.39 Å². The molecule has 1 amide bonds. The zero-order chi connectivity index (χ0) is 18.4. The average Bonchev–Trinajstić information content (AvgIpc) is 2.59. The molecular formula is C17H16ClFN2O4. The predicted molar refractivity (Wildman–Crippen MR) is 90.2 cm³/mol. The molecule has 0 aliphatic carbocycles. The number of carbonyl (C=O) groups is 2. The molecule has 0 radical (unpaired) electrons. The lowest BCUT2D eigenvalue weighted by atomic mass is 10.0. The summed E-state index contributed by atoms with van der Waals surface area (Å²) in [6.45, 7) is 1.06. The van der Waals surface area contributed by atoms with Crippen molar-refractivity contribution in [2.75, 3.05) is 19.0 Å². The normalized spacial score (nSPS) is 11.5. The third-order valence-electron chi connectivity index (χ3n) is 3.36. The topological polar surface area (TPSA) is 77.5 Å². The number of halogens is 2. The van der Waals surface area contributed by atoms with E-state index in [4.69, 9.17) is 21.1 Å². The molecule has 0 bridgehead atoms. The van der Waals surface area contributed by atoms with Gasteiger partial charge in [-0.05, 0) is 36.8 Å². The van der Waals surface area contributed by atoms with Crippen molar-refractivity contribution < 1.29 is 23.5 Å². The molecule has 1 N–H and O–H groups in total. The number of aromatic nitrogens is 1. The van der Waals surface area contributed by atoms with Crippen LogP contribution >= 0.6 is 11.6 Å². The molecule has 1 heterocycles. The number of amides is 1. The smallest absolute Gasteiger partial charge is 0.313 e. The van der Waals surface area contributed by atoms with Crippen LogP contribution in [-0.4, -0.2) is 30.6 Å². The van der Waals surface area contributed by atoms with E-state index < -0.39 is 30.2 Å². The first kappa shape index (κ1) is 18.7. The summed E-state index contributed by atoms with van der Waals surface area (Å²) in [7, 11) is 1.48. The van der Waals surface area contributed by atoms with Crippen molar-refractivity contribution in [3.05, 3.63) is 53.1 Å². The molecule has 25 heavy (non-hydrogen) atoms. The van der Waals surface area contributed by atoms with Crippen LogP contribution in [-0.2, 0) is 14.3 Å². The highest BCUT2D eigenvalue weighted by Crippen LogP contribution is 2.27. The van der Waals surface area contributed by atoms with E-state index >= 15 is 0 Å². The van der Waals surface area contributed by atoms with Crippen molar-refractivity contribution in [3.8, 4) is 5.75 Å². The standard InChI is InChI=1S/C17H16ClFN2O4/c1-10(11-5-12(19)8-20-7-11)17(23)25-9-16(22)21-13-3-4-15(24-2)14(18)6-13/h3-8,10H,9H2,1-2H3,(H,21,22). The summed E-state index contributed by atoms with van der Waals surface area (Å²) >= 11 is 5.96. The van der Waals surface area contributed by atoms with Gasteiger partial charge in [-0.2, -0.15) is 0 Å². The Balaban J connectivity index is 1.89. The van der Waals surface area contributed by atoms with E-state index in [1.54, 1.807) is 19.1 Å². The van der Waals surface area contributed by atoms with E-state index in [-0.39, 0.29) is 0 Å². The van der Waals surface area contributed by atoms with E-state index in [1.165, 1.54) is 25.4 Å². The molecule has 6 nitrogen and oxygen atoms in total. The molecule has 1 unspecified atom stereocenters. The van der Waals surface area contributed by atoms with Crippen LogP contribution < -0.4 is 10.1 Å². The van der Waals surface area contributed by atoms with Crippen molar-refractivity contribution in [2.24, 2.45) is 0 Å². The third kappa shape index (κ3) is 5.15. The predicted octanol–water partition coefficient (Wildman–Crippen LogP) is 3.17. The number of pyridine rings is 1. The lowest BCUT2D eigenvalue weighted by Gasteiger charge is -2.12. The molecule has 132 valence electrons. The van der Waals surface area contributed by atoms with E-state index in [0.717, 1.165) is 6.20 Å². The minimum atomic E-state index is -0.744. The Labute approximate surface area is 148 Å². The van der Waals surface area contributed by atoms with Gasteiger partial charge in [0.15, 0.2) is 6.61 Å². The van der Waals surface area contributed by atoms with Crippen LogP contribution in [0.3, 0.4) is 0 Å². The highest BCUT2D eigenvalue weighted by Gasteiger charge is 2.19. The number of nitrogens with zero attached hydrogens (tertiary/aromatic N) is 1. The highest BCUT2D eigenvalue weighted by molar-refractivity contribution is 6.32. The van der Waals surface area contributed by atoms with Crippen LogP contribution in [0.1, 0.15) is 18.4 Å². The number of methoxy groups -OCH3 is 1. The Kier molecular flexibility index (Phi) is 6.30. The molecule has 8 heteroatoms. The van der Waals surface area contributed by atoms with Gasteiger partial charge in [0.1, 0.15) is 11.6 Å². The Hall–Kier alpha value is -2.67. The Morgan fingerprint density at radius 3 is 2.72 bits per heavy atom. The van der Waals surface area contributed by atoms with Crippen molar-refractivity contribution in [1.82, 2.24) is 4.98 Å². The third-order valence-corrected chi connectivity index (χ3v) is 3.66. The molecule has 1 aromatic carbocycles. The summed E-state index contributed by atoms with van der Waals surface area (Å²) in [6.07, 6.45) is 2.41. The van der Waals surface area contributed by atoms with Crippen molar-refractivity contribution in [1.29, 1.82) is 0 Å². The molecule has 0 saturated heterocycles. The van der Waals surface area contributed by atoms with Gasteiger partial charge in [0, 0.05) is 11.9 Å². The molecule has 0 saturated carbocycles. The molecule has 2 rings (SSSR count). The fourth-order valence-electron chi connectivity index (χ4n) is 2.00. The van der Waals surface area contributed by atoms with Gasteiger partial charge < -0.3 is 14.8 Å². The number of rotatable bonds is 6. The summed E-state index contributed by atoms with van der Waals surface area (Å²) in [4.78, 5) is 27.5. The van der Waals surface area contributed by atoms with Crippen LogP contribution in [0.2, 0.25) is 5.02 Å². The second-order valence-electron chi connectivity index (χ2n) is 5.16. The minimum Gasteiger partial charge on any atom is -0.495 e. The second kappa shape index (κ2) is 8.43. The minimum absolute atomic E-state index is 0.338. The first-order valence-electron chi connectivity index (χ1n) is 7.31. The Morgan fingerprint density at radius 2 is 2.08 bits per heavy atom. The number of esters is 1. The average molecular weight is 367 g/mol. The van der Waals surface area contributed by atoms with Gasteiger partial charge in [0.25, 0.3) is 5.91 Å². The zero-order valence-electron chi connectivity index (χ0n) is 13.6. The molecule has 0 aliphatic rings. The SMILES string of the molecule is COc1ccc(NC(=O)COC(=O)C(C)c2cncc(F)c2)cc1Cl. The fourth-order valence-corrected chi connectivity index (χ4v) is 2.26. The first-order chi connectivity index (χ1) is 11.9. The van der Waals surface area contributed by atoms with Crippen molar-refractivity contribution >= 4 is 29.2 Å². The summed E-state index contributed by atoms with van der Waals surface area (Å²) in [5.74, 6) is -2.00. The van der Waals surface area contributed by atoms with Gasteiger partial charge in [0.05, 0.1) is 24.2 Å². The monoisotopic (exact) mass is 366 g/mol. The van der Waals surface area contributed by atoms with Crippen LogP contribution in [0.15, 0.2) is 36.7 Å². The summed E-state index contributed by atoms with van der Waals surface area (Å²) < 4.78 is 23.1. The summed E-state index contributed by atoms with van der Waals surface area (Å²) in [6, 6.07) is 5.91. The summed E-state index contributed by atoms with van der Waals surface area (Å²) in [5.41, 5.74) is 0.807. The lowest BCUT2D eigenvalue weighted by molar-refractivity contribution is -0.148. The quantitative estimate of drug-likeness (QED) is 0.794. The Bertz CT molecular complexity index is 785. The second-order valence-corrected chi connectivity index (χ2v) is 5.57. The van der Waals surface area contributed by atoms with Gasteiger partial charge in [-0.1, -0.05) is 11.6 Å². The van der Waals surface area contributed by atoms with Crippen molar-refractivity contribution in [2.45, 2.75) is 12.8 Å². The van der Waals surface area contributed by atoms with Crippen LogP contribution in [0.5, 0.6) is 5.75 Å². The number of anilines is 1. The van der Waals surface area contributed by atoms with Crippen LogP contribution in [0.4, 0.5) is 10.1 Å². The van der Waals surface area contributed by atoms with Crippen molar-refractivity contribution in [3.63, 3.8) is 0 Å². The zero-order valence-corrected chi connectivity index (χ0v) is 14.3. The number of nitrogens with one attached hydrogen (secondary N) is 1. The molecule has 0 spiro atoms. The molecule has 0 fully saturated rings. The van der Waals surface area contributed by atoms with Gasteiger partial charge in [-0.15, -0.1) is 0 Å². The van der Waals surface area contributed by atoms with Crippen LogP contribution in [0, 0.1) is 5.82 Å². The van der Waals surface area contributed by atoms with Gasteiger partial charge in [0.2, 0.25) is 0 Å². The number of ether oxygens (including phenoxy) is 2. The molecular weight excluding hydrogens is 351 g/mol. The maximum Gasteiger partial charge on any atom is 0.313 e. The fraction of sp³-hybridized carbons (Fsp3) is 0.235. The van der Waals surface area contributed by atoms with E-state index in [1.807, 2.05) is 0 Å². The summed E-state index contributed by atoms with van der Waals surface area (Å²) in [5, 5.41) is 2.89. The van der Waals surface area contributed by atoms with Gasteiger partial charge in [-0.3, -0.25) is 14.6 Å². The van der Waals surface area contributed by atoms with Crippen LogP contribution in [0.25, 0.3) is 0 Å². The van der Waals surface area contributed by atoms with E-state index in [9.17, 15) is 14.0 Å².